The van der Waals surface area contributed by atoms with Crippen LogP contribution in [-0.4, -0.2) is 17.0 Å². The molecular formula is C14H22O2. The van der Waals surface area contributed by atoms with Crippen molar-refractivity contribution >= 4 is 6.29 Å². The molecular weight excluding hydrogens is 200 g/mol. The fourth-order valence-electron chi connectivity index (χ4n) is 2.56. The molecule has 16 heavy (non-hydrogen) atoms. The van der Waals surface area contributed by atoms with Crippen LogP contribution in [0.1, 0.15) is 46.0 Å². The fraction of sp³-hybridized carbons (Fsp3) is 0.643. The van der Waals surface area contributed by atoms with Crippen LogP contribution in [0.2, 0.25) is 0 Å². The van der Waals surface area contributed by atoms with Crippen LogP contribution in [0.25, 0.3) is 0 Å². The number of carbonyl (C=O) groups excluding carboxylic acids is 1. The Bertz CT molecular complexity index is 302. The third-order valence-electron chi connectivity index (χ3n) is 3.98. The standard InChI is InChI=1S/C14H22O2/c1-4-5-9-14(16)10-6-7-12(8-11-15)13(14,2)3/h4,7,11,16H,1,5-6,8-10H2,2-3H3. The number of aliphatic hydroxyl groups is 1. The van der Waals surface area contributed by atoms with Crippen LogP contribution in [0.5, 0.6) is 0 Å². The van der Waals surface area contributed by atoms with E-state index in [-0.39, 0.29) is 5.41 Å². The average Bonchev–Trinajstić information content (AvgIpc) is 2.23. The summed E-state index contributed by atoms with van der Waals surface area (Å²) in [5, 5.41) is 10.7. The molecule has 1 aliphatic rings. The lowest BCUT2D eigenvalue weighted by Gasteiger charge is -2.47. The maximum absolute atomic E-state index is 10.7. The van der Waals surface area contributed by atoms with Crippen molar-refractivity contribution in [3.63, 3.8) is 0 Å². The maximum Gasteiger partial charge on any atom is 0.124 e. The first-order valence-corrected chi connectivity index (χ1v) is 5.94. The van der Waals surface area contributed by atoms with Gasteiger partial charge in [-0.15, -0.1) is 6.58 Å². The van der Waals surface area contributed by atoms with Gasteiger partial charge in [0, 0.05) is 11.8 Å². The molecule has 1 rings (SSSR count). The van der Waals surface area contributed by atoms with Gasteiger partial charge in [-0.05, 0) is 25.7 Å². The summed E-state index contributed by atoms with van der Waals surface area (Å²) in [6, 6.07) is 0. The van der Waals surface area contributed by atoms with Gasteiger partial charge < -0.3 is 9.90 Å². The molecule has 0 aromatic rings. The van der Waals surface area contributed by atoms with E-state index in [1.807, 2.05) is 19.9 Å². The number of allylic oxidation sites excluding steroid dienone is 2. The molecule has 0 heterocycles. The fourth-order valence-corrected chi connectivity index (χ4v) is 2.56. The summed E-state index contributed by atoms with van der Waals surface area (Å²) < 4.78 is 0. The van der Waals surface area contributed by atoms with E-state index in [1.54, 1.807) is 0 Å². The van der Waals surface area contributed by atoms with E-state index >= 15 is 0 Å². The van der Waals surface area contributed by atoms with Gasteiger partial charge in [0.1, 0.15) is 6.29 Å². The largest absolute Gasteiger partial charge is 0.389 e. The molecule has 0 aliphatic heterocycles. The third kappa shape index (κ3) is 2.27. The molecule has 90 valence electrons. The first-order valence-electron chi connectivity index (χ1n) is 5.94. The lowest BCUT2D eigenvalue weighted by Crippen LogP contribution is -2.47. The van der Waals surface area contributed by atoms with Gasteiger partial charge >= 0.3 is 0 Å². The van der Waals surface area contributed by atoms with E-state index in [1.165, 1.54) is 0 Å². The Morgan fingerprint density at radius 2 is 2.25 bits per heavy atom. The number of aldehydes is 1. The van der Waals surface area contributed by atoms with Crippen molar-refractivity contribution in [1.82, 2.24) is 0 Å². The van der Waals surface area contributed by atoms with Crippen molar-refractivity contribution in [2.24, 2.45) is 5.41 Å². The van der Waals surface area contributed by atoms with Gasteiger partial charge in [-0.1, -0.05) is 31.6 Å². The average molecular weight is 222 g/mol. The van der Waals surface area contributed by atoms with E-state index in [2.05, 4.69) is 12.7 Å². The van der Waals surface area contributed by atoms with Gasteiger partial charge in [0.25, 0.3) is 0 Å². The number of hydrogen-bond acceptors (Lipinski definition) is 2. The van der Waals surface area contributed by atoms with Crippen molar-refractivity contribution in [1.29, 1.82) is 0 Å². The monoisotopic (exact) mass is 222 g/mol. The van der Waals surface area contributed by atoms with E-state index < -0.39 is 5.60 Å². The summed E-state index contributed by atoms with van der Waals surface area (Å²) in [5.41, 5.74) is 0.0593. The number of rotatable bonds is 5. The van der Waals surface area contributed by atoms with Gasteiger partial charge in [0.05, 0.1) is 5.60 Å². The van der Waals surface area contributed by atoms with Gasteiger partial charge in [-0.3, -0.25) is 0 Å². The lowest BCUT2D eigenvalue weighted by molar-refractivity contribution is -0.108. The van der Waals surface area contributed by atoms with Crippen LogP contribution < -0.4 is 0 Å². The minimum Gasteiger partial charge on any atom is -0.389 e. The molecule has 1 unspecified atom stereocenters. The highest BCUT2D eigenvalue weighted by molar-refractivity contribution is 5.55. The highest BCUT2D eigenvalue weighted by atomic mass is 16.3. The second-order valence-electron chi connectivity index (χ2n) is 5.12. The van der Waals surface area contributed by atoms with E-state index in [0.29, 0.717) is 6.42 Å². The molecule has 0 aromatic carbocycles. The topological polar surface area (TPSA) is 37.3 Å². The van der Waals surface area contributed by atoms with Crippen LogP contribution in [0, 0.1) is 5.41 Å². The van der Waals surface area contributed by atoms with Crippen LogP contribution in [0.4, 0.5) is 0 Å². The molecule has 1 aliphatic carbocycles. The quantitative estimate of drug-likeness (QED) is 0.573. The van der Waals surface area contributed by atoms with Crippen molar-refractivity contribution in [3.05, 3.63) is 24.3 Å². The molecule has 2 nitrogen and oxygen atoms in total. The zero-order chi connectivity index (χ0) is 12.2. The Balaban J connectivity index is 2.92. The van der Waals surface area contributed by atoms with Crippen LogP contribution in [0.15, 0.2) is 24.3 Å². The minimum atomic E-state index is -0.700. The summed E-state index contributed by atoms with van der Waals surface area (Å²) in [7, 11) is 0. The van der Waals surface area contributed by atoms with Gasteiger partial charge in [0.2, 0.25) is 0 Å². The Kier molecular flexibility index (Phi) is 4.09. The van der Waals surface area contributed by atoms with Crippen LogP contribution in [-0.2, 0) is 4.79 Å². The molecule has 0 bridgehead atoms. The molecule has 2 heteroatoms. The first kappa shape index (κ1) is 13.2. The molecule has 0 spiro atoms. The number of hydrogen-bond donors (Lipinski definition) is 1. The Labute approximate surface area is 98.1 Å². The minimum absolute atomic E-state index is 0.310. The Hall–Kier alpha value is -0.890. The van der Waals surface area contributed by atoms with E-state index in [9.17, 15) is 9.90 Å². The number of carbonyl (C=O) groups is 1. The van der Waals surface area contributed by atoms with Gasteiger partial charge in [-0.25, -0.2) is 0 Å². The van der Waals surface area contributed by atoms with Crippen molar-refractivity contribution < 1.29 is 9.90 Å². The van der Waals surface area contributed by atoms with Crippen molar-refractivity contribution in [3.8, 4) is 0 Å². The summed E-state index contributed by atoms with van der Waals surface area (Å²) in [4.78, 5) is 10.6. The zero-order valence-corrected chi connectivity index (χ0v) is 10.3. The lowest BCUT2D eigenvalue weighted by atomic mass is 9.62. The molecule has 0 saturated carbocycles. The van der Waals surface area contributed by atoms with Gasteiger partial charge in [0.15, 0.2) is 0 Å². The van der Waals surface area contributed by atoms with Gasteiger partial charge in [-0.2, -0.15) is 0 Å². The highest BCUT2D eigenvalue weighted by Crippen LogP contribution is 2.48. The normalized spacial score (nSPS) is 28.3. The maximum atomic E-state index is 10.7. The zero-order valence-electron chi connectivity index (χ0n) is 10.3. The first-order chi connectivity index (χ1) is 7.48. The summed E-state index contributed by atoms with van der Waals surface area (Å²) in [6.07, 6.45) is 8.48. The molecule has 0 radical (unpaired) electrons. The molecule has 1 atom stereocenters. The molecule has 0 fully saturated rings. The van der Waals surface area contributed by atoms with Crippen LogP contribution in [0.3, 0.4) is 0 Å². The highest BCUT2D eigenvalue weighted by Gasteiger charge is 2.46. The molecule has 0 saturated heterocycles. The summed E-state index contributed by atoms with van der Waals surface area (Å²) in [6.45, 7) is 7.76. The smallest absolute Gasteiger partial charge is 0.124 e. The van der Waals surface area contributed by atoms with Crippen molar-refractivity contribution in [2.45, 2.75) is 51.6 Å². The predicted octanol–water partition coefficient (Wildman–Crippen LogP) is 3.02. The van der Waals surface area contributed by atoms with E-state index in [4.69, 9.17) is 0 Å². The summed E-state index contributed by atoms with van der Waals surface area (Å²) in [5.74, 6) is 0. The van der Waals surface area contributed by atoms with Crippen molar-refractivity contribution in [2.75, 3.05) is 0 Å². The SMILES string of the molecule is C=CCCC1(O)CCC=C(CC=O)C1(C)C. The third-order valence-corrected chi connectivity index (χ3v) is 3.98. The Morgan fingerprint density at radius 3 is 2.81 bits per heavy atom. The Morgan fingerprint density at radius 1 is 1.56 bits per heavy atom. The second-order valence-corrected chi connectivity index (χ2v) is 5.12. The molecule has 1 N–H and O–H groups in total. The predicted molar refractivity (Wildman–Crippen MR) is 66.2 cm³/mol. The molecule has 0 amide bonds. The molecule has 0 aromatic heterocycles. The van der Waals surface area contributed by atoms with Crippen LogP contribution >= 0.6 is 0 Å². The van der Waals surface area contributed by atoms with E-state index in [0.717, 1.165) is 37.5 Å². The summed E-state index contributed by atoms with van der Waals surface area (Å²) >= 11 is 0. The second kappa shape index (κ2) is 4.96.